The van der Waals surface area contributed by atoms with Gasteiger partial charge >= 0.3 is 0 Å². The highest BCUT2D eigenvalue weighted by atomic mass is 35.5. The van der Waals surface area contributed by atoms with Crippen LogP contribution in [0.1, 0.15) is 12.7 Å². The van der Waals surface area contributed by atoms with Gasteiger partial charge in [-0.3, -0.25) is 4.79 Å². The van der Waals surface area contributed by atoms with Gasteiger partial charge in [0.25, 0.3) is 0 Å². The van der Waals surface area contributed by atoms with Crippen LogP contribution < -0.4 is 10.6 Å². The van der Waals surface area contributed by atoms with E-state index in [1.165, 1.54) is 0 Å². The summed E-state index contributed by atoms with van der Waals surface area (Å²) in [7, 11) is 1.55. The topological polar surface area (TPSA) is 81.3 Å². The van der Waals surface area contributed by atoms with E-state index in [0.717, 1.165) is 0 Å². The van der Waals surface area contributed by atoms with Gasteiger partial charge in [-0.2, -0.15) is 0 Å². The van der Waals surface area contributed by atoms with E-state index in [9.17, 15) is 4.79 Å². The van der Waals surface area contributed by atoms with Crippen LogP contribution in [0.15, 0.2) is 6.07 Å². The molecule has 0 spiro atoms. The number of carbonyl (C=O) groups excluding carboxylic acids is 1. The normalized spacial score (nSPS) is 10.3. The SMILES string of the molecule is CCN(CC(N)=O)c1cc(Cl)nc(COC)n1. The van der Waals surface area contributed by atoms with E-state index in [1.54, 1.807) is 18.1 Å². The molecule has 0 aliphatic heterocycles. The van der Waals surface area contributed by atoms with E-state index in [4.69, 9.17) is 22.1 Å². The number of halogens is 1. The Hall–Kier alpha value is -1.40. The van der Waals surface area contributed by atoms with Crippen LogP contribution in [0.2, 0.25) is 5.15 Å². The lowest BCUT2D eigenvalue weighted by Crippen LogP contribution is -2.34. The second-order valence-corrected chi connectivity index (χ2v) is 3.77. The maximum Gasteiger partial charge on any atom is 0.236 e. The monoisotopic (exact) mass is 258 g/mol. The van der Waals surface area contributed by atoms with Crippen LogP contribution in [0.25, 0.3) is 0 Å². The zero-order valence-electron chi connectivity index (χ0n) is 9.81. The molecule has 0 radical (unpaired) electrons. The van der Waals surface area contributed by atoms with Gasteiger partial charge in [-0.15, -0.1) is 0 Å². The number of nitrogens with zero attached hydrogens (tertiary/aromatic N) is 3. The number of primary amides is 1. The molecule has 6 nitrogen and oxygen atoms in total. The molecule has 17 heavy (non-hydrogen) atoms. The maximum atomic E-state index is 10.9. The summed E-state index contributed by atoms with van der Waals surface area (Å²) in [6.45, 7) is 2.86. The van der Waals surface area contributed by atoms with Gasteiger partial charge in [0.05, 0.1) is 6.54 Å². The Kier molecular flexibility index (Phi) is 5.11. The Morgan fingerprint density at radius 1 is 1.59 bits per heavy atom. The molecule has 0 aliphatic rings. The van der Waals surface area contributed by atoms with Crippen molar-refractivity contribution in [1.82, 2.24) is 9.97 Å². The first-order chi connectivity index (χ1) is 8.06. The number of methoxy groups -OCH3 is 1. The summed E-state index contributed by atoms with van der Waals surface area (Å²) >= 11 is 5.87. The van der Waals surface area contributed by atoms with Crippen molar-refractivity contribution in [3.8, 4) is 0 Å². The van der Waals surface area contributed by atoms with E-state index >= 15 is 0 Å². The molecule has 0 aliphatic carbocycles. The summed E-state index contributed by atoms with van der Waals surface area (Å²) in [5.41, 5.74) is 5.16. The molecule has 1 heterocycles. The molecule has 0 fully saturated rings. The molecule has 0 saturated heterocycles. The Balaban J connectivity index is 2.97. The van der Waals surface area contributed by atoms with Crippen molar-refractivity contribution in [3.63, 3.8) is 0 Å². The van der Waals surface area contributed by atoms with Crippen LogP contribution in [-0.2, 0) is 16.1 Å². The largest absolute Gasteiger partial charge is 0.377 e. The molecule has 1 rings (SSSR count). The molecule has 0 saturated carbocycles. The number of amides is 1. The highest BCUT2D eigenvalue weighted by molar-refractivity contribution is 6.29. The van der Waals surface area contributed by atoms with Gasteiger partial charge in [0, 0.05) is 19.7 Å². The Morgan fingerprint density at radius 3 is 2.82 bits per heavy atom. The summed E-state index contributed by atoms with van der Waals surface area (Å²) in [4.78, 5) is 20.9. The van der Waals surface area contributed by atoms with Crippen LogP contribution in [0, 0.1) is 0 Å². The minimum absolute atomic E-state index is 0.0935. The fraction of sp³-hybridized carbons (Fsp3) is 0.500. The van der Waals surface area contributed by atoms with Crippen molar-refractivity contribution in [3.05, 3.63) is 17.0 Å². The lowest BCUT2D eigenvalue weighted by Gasteiger charge is -2.20. The lowest BCUT2D eigenvalue weighted by atomic mass is 10.4. The number of nitrogens with two attached hydrogens (primary N) is 1. The first-order valence-electron chi connectivity index (χ1n) is 5.12. The van der Waals surface area contributed by atoms with E-state index in [-0.39, 0.29) is 13.2 Å². The van der Waals surface area contributed by atoms with E-state index < -0.39 is 5.91 Å². The van der Waals surface area contributed by atoms with Gasteiger partial charge in [-0.05, 0) is 6.92 Å². The number of hydrogen-bond donors (Lipinski definition) is 1. The molecule has 1 aromatic heterocycles. The summed E-state index contributed by atoms with van der Waals surface area (Å²) in [6.07, 6.45) is 0. The van der Waals surface area contributed by atoms with E-state index in [0.29, 0.717) is 23.3 Å². The summed E-state index contributed by atoms with van der Waals surface area (Å²) in [6, 6.07) is 1.59. The van der Waals surface area contributed by atoms with Crippen molar-refractivity contribution in [1.29, 1.82) is 0 Å². The molecular formula is C10H15ClN4O2. The highest BCUT2D eigenvalue weighted by Crippen LogP contribution is 2.16. The number of carbonyl (C=O) groups is 1. The third-order valence-corrected chi connectivity index (χ3v) is 2.25. The van der Waals surface area contributed by atoms with Crippen molar-refractivity contribution in [2.24, 2.45) is 5.73 Å². The molecule has 7 heteroatoms. The fourth-order valence-electron chi connectivity index (χ4n) is 1.35. The van der Waals surface area contributed by atoms with Crippen LogP contribution in [-0.4, -0.2) is 36.1 Å². The third-order valence-electron chi connectivity index (χ3n) is 2.05. The number of likely N-dealkylation sites (N-methyl/N-ethyl adjacent to an activating group) is 1. The fourth-order valence-corrected chi connectivity index (χ4v) is 1.55. The predicted octanol–water partition coefficient (Wildman–Crippen LogP) is 0.588. The molecule has 94 valence electrons. The van der Waals surface area contributed by atoms with Gasteiger partial charge in [-0.1, -0.05) is 11.6 Å². The molecule has 2 N–H and O–H groups in total. The van der Waals surface area contributed by atoms with Crippen LogP contribution >= 0.6 is 11.6 Å². The molecule has 1 aromatic rings. The second kappa shape index (κ2) is 6.36. The van der Waals surface area contributed by atoms with Gasteiger partial charge in [0.15, 0.2) is 5.82 Å². The average molecular weight is 259 g/mol. The first kappa shape index (κ1) is 13.7. The summed E-state index contributed by atoms with van der Waals surface area (Å²) < 4.78 is 4.94. The Labute approximate surface area is 105 Å². The number of hydrogen-bond acceptors (Lipinski definition) is 5. The predicted molar refractivity (Wildman–Crippen MR) is 64.8 cm³/mol. The molecule has 1 amide bonds. The molecule has 0 atom stereocenters. The quantitative estimate of drug-likeness (QED) is 0.755. The number of aromatic nitrogens is 2. The number of ether oxygens (including phenoxy) is 1. The first-order valence-corrected chi connectivity index (χ1v) is 5.50. The second-order valence-electron chi connectivity index (χ2n) is 3.38. The van der Waals surface area contributed by atoms with Gasteiger partial charge in [-0.25, -0.2) is 9.97 Å². The average Bonchev–Trinajstić information content (AvgIpc) is 2.25. The van der Waals surface area contributed by atoms with Crippen molar-refractivity contribution >= 4 is 23.3 Å². The van der Waals surface area contributed by atoms with Crippen molar-refractivity contribution in [2.45, 2.75) is 13.5 Å². The van der Waals surface area contributed by atoms with Crippen molar-refractivity contribution in [2.75, 3.05) is 25.1 Å². The van der Waals surface area contributed by atoms with E-state index in [2.05, 4.69) is 9.97 Å². The summed E-state index contributed by atoms with van der Waals surface area (Å²) in [5.74, 6) is 0.617. The van der Waals surface area contributed by atoms with Crippen LogP contribution in [0.4, 0.5) is 5.82 Å². The van der Waals surface area contributed by atoms with Gasteiger partial charge in [0.1, 0.15) is 17.6 Å². The van der Waals surface area contributed by atoms with Crippen LogP contribution in [0.3, 0.4) is 0 Å². The molecular weight excluding hydrogens is 244 g/mol. The summed E-state index contributed by atoms with van der Waals surface area (Å²) in [5, 5.41) is 0.310. The molecule has 0 aromatic carbocycles. The third kappa shape index (κ3) is 4.16. The number of rotatable bonds is 6. The number of anilines is 1. The van der Waals surface area contributed by atoms with Gasteiger partial charge in [0.2, 0.25) is 5.91 Å². The molecule has 0 bridgehead atoms. The Morgan fingerprint density at radius 2 is 2.29 bits per heavy atom. The minimum Gasteiger partial charge on any atom is -0.377 e. The van der Waals surface area contributed by atoms with Gasteiger partial charge < -0.3 is 15.4 Å². The zero-order valence-corrected chi connectivity index (χ0v) is 10.6. The zero-order chi connectivity index (χ0) is 12.8. The van der Waals surface area contributed by atoms with Crippen molar-refractivity contribution < 1.29 is 9.53 Å². The lowest BCUT2D eigenvalue weighted by molar-refractivity contribution is -0.116. The standard InChI is InChI=1S/C10H15ClN4O2/c1-3-15(5-8(12)16)10-4-7(11)13-9(14-10)6-17-2/h4H,3,5-6H2,1-2H3,(H2,12,16). The highest BCUT2D eigenvalue weighted by Gasteiger charge is 2.11. The molecule has 0 unspecified atom stereocenters. The smallest absolute Gasteiger partial charge is 0.236 e. The minimum atomic E-state index is -0.421. The Bertz CT molecular complexity index is 400. The maximum absolute atomic E-state index is 10.9. The van der Waals surface area contributed by atoms with E-state index in [1.807, 2.05) is 6.92 Å². The van der Waals surface area contributed by atoms with Crippen LogP contribution in [0.5, 0.6) is 0 Å².